The molecule has 1 heterocycles. The average molecular weight is 687 g/mol. The van der Waals surface area contributed by atoms with Crippen molar-refractivity contribution >= 4 is 81.7 Å². The van der Waals surface area contributed by atoms with E-state index in [2.05, 4.69) is 76.5 Å². The van der Waals surface area contributed by atoms with Crippen LogP contribution in [0.15, 0.2) is 95.7 Å². The number of amides is 1. The number of carbonyl (C=O) groups is 1. The Bertz CT molecular complexity index is 1660. The van der Waals surface area contributed by atoms with Gasteiger partial charge in [0.05, 0.1) is 22.3 Å². The Morgan fingerprint density at radius 1 is 0.973 bits per heavy atom. The SMILES string of the molecule is COc1cc(/C=N/NC(=O)c2cc3cc(Br)cc(Br)c3o2)cc(Br)c1OCc1cccc2ccccc12. The number of nitrogens with zero attached hydrogens (tertiary/aromatic N) is 1. The van der Waals surface area contributed by atoms with Crippen LogP contribution in [-0.2, 0) is 6.61 Å². The molecule has 37 heavy (non-hydrogen) atoms. The summed E-state index contributed by atoms with van der Waals surface area (Å²) in [6, 6.07) is 23.4. The molecule has 6 nitrogen and oxygen atoms in total. The van der Waals surface area contributed by atoms with Gasteiger partial charge in [-0.05, 0) is 84.1 Å². The van der Waals surface area contributed by atoms with Gasteiger partial charge in [-0.25, -0.2) is 5.43 Å². The number of methoxy groups -OCH3 is 1. The Morgan fingerprint density at radius 2 is 1.78 bits per heavy atom. The fraction of sp³-hybridized carbons (Fsp3) is 0.0714. The number of ether oxygens (including phenoxy) is 2. The second-order valence-corrected chi connectivity index (χ2v) is 10.7. The van der Waals surface area contributed by atoms with Crippen molar-refractivity contribution in [2.24, 2.45) is 5.10 Å². The van der Waals surface area contributed by atoms with Crippen molar-refractivity contribution in [2.75, 3.05) is 7.11 Å². The highest BCUT2D eigenvalue weighted by molar-refractivity contribution is 9.11. The summed E-state index contributed by atoms with van der Waals surface area (Å²) < 4.78 is 19.7. The summed E-state index contributed by atoms with van der Waals surface area (Å²) in [6.07, 6.45) is 1.52. The number of fused-ring (bicyclic) bond motifs is 2. The first-order chi connectivity index (χ1) is 17.9. The van der Waals surface area contributed by atoms with E-state index in [9.17, 15) is 4.79 Å². The molecule has 5 aromatic rings. The van der Waals surface area contributed by atoms with Crippen molar-refractivity contribution in [2.45, 2.75) is 6.61 Å². The summed E-state index contributed by atoms with van der Waals surface area (Å²) in [5.41, 5.74) is 4.87. The van der Waals surface area contributed by atoms with Gasteiger partial charge in [0.15, 0.2) is 17.3 Å². The van der Waals surface area contributed by atoms with Crippen LogP contribution in [0, 0.1) is 0 Å². The molecule has 0 aliphatic heterocycles. The largest absolute Gasteiger partial charge is 0.493 e. The van der Waals surface area contributed by atoms with Crippen molar-refractivity contribution in [3.05, 3.63) is 103 Å². The van der Waals surface area contributed by atoms with E-state index in [0.29, 0.717) is 33.7 Å². The lowest BCUT2D eigenvalue weighted by Gasteiger charge is -2.14. The molecule has 5 rings (SSSR count). The van der Waals surface area contributed by atoms with Gasteiger partial charge in [0.1, 0.15) is 12.2 Å². The minimum Gasteiger partial charge on any atom is -0.493 e. The minimum absolute atomic E-state index is 0.155. The number of carbonyl (C=O) groups excluding carboxylic acids is 1. The van der Waals surface area contributed by atoms with Crippen molar-refractivity contribution in [3.8, 4) is 11.5 Å². The topological polar surface area (TPSA) is 73.1 Å². The Balaban J connectivity index is 1.30. The molecule has 0 fully saturated rings. The number of benzene rings is 4. The highest BCUT2D eigenvalue weighted by atomic mass is 79.9. The van der Waals surface area contributed by atoms with Crippen molar-refractivity contribution in [1.29, 1.82) is 0 Å². The summed E-state index contributed by atoms with van der Waals surface area (Å²) in [4.78, 5) is 12.6. The van der Waals surface area contributed by atoms with E-state index in [4.69, 9.17) is 13.9 Å². The minimum atomic E-state index is -0.462. The molecule has 0 saturated carbocycles. The zero-order valence-electron chi connectivity index (χ0n) is 19.4. The third-order valence-electron chi connectivity index (χ3n) is 5.64. The van der Waals surface area contributed by atoms with Crippen LogP contribution >= 0.6 is 47.8 Å². The maximum Gasteiger partial charge on any atom is 0.307 e. The number of hydrazone groups is 1. The van der Waals surface area contributed by atoms with Gasteiger partial charge in [0, 0.05) is 9.86 Å². The molecule has 0 aliphatic rings. The van der Waals surface area contributed by atoms with Crippen LogP contribution in [0.1, 0.15) is 21.7 Å². The van der Waals surface area contributed by atoms with E-state index in [1.54, 1.807) is 19.2 Å². The van der Waals surface area contributed by atoms with E-state index in [-0.39, 0.29) is 5.76 Å². The summed E-state index contributed by atoms with van der Waals surface area (Å²) in [6.45, 7) is 0.379. The second-order valence-electron chi connectivity index (χ2n) is 8.08. The van der Waals surface area contributed by atoms with Gasteiger partial charge >= 0.3 is 5.91 Å². The van der Waals surface area contributed by atoms with E-state index < -0.39 is 5.91 Å². The van der Waals surface area contributed by atoms with Crippen molar-refractivity contribution in [1.82, 2.24) is 5.43 Å². The van der Waals surface area contributed by atoms with Gasteiger partial charge in [-0.15, -0.1) is 0 Å². The predicted octanol–water partition coefficient (Wildman–Crippen LogP) is 8.23. The summed E-state index contributed by atoms with van der Waals surface area (Å²) in [5.74, 6) is 0.809. The normalized spacial score (nSPS) is 11.4. The zero-order chi connectivity index (χ0) is 25.9. The predicted molar refractivity (Wildman–Crippen MR) is 156 cm³/mol. The van der Waals surface area contributed by atoms with Crippen LogP contribution < -0.4 is 14.9 Å². The standard InChI is InChI=1S/C28H19Br3N2O4/c1-35-24-10-16(14-32-33-28(34)25-12-19-11-20(29)13-23(31)26(19)37-25)9-22(30)27(24)36-15-18-7-4-6-17-5-2-3-8-21(17)18/h2-14H,15H2,1H3,(H,33,34)/b32-14+. The van der Waals surface area contributed by atoms with Crippen LogP contribution in [0.5, 0.6) is 11.5 Å². The molecule has 1 amide bonds. The van der Waals surface area contributed by atoms with Crippen LogP contribution in [0.4, 0.5) is 0 Å². The average Bonchev–Trinajstić information content (AvgIpc) is 3.32. The molecule has 0 saturated heterocycles. The fourth-order valence-electron chi connectivity index (χ4n) is 3.93. The van der Waals surface area contributed by atoms with E-state index in [1.165, 1.54) is 6.21 Å². The smallest absolute Gasteiger partial charge is 0.307 e. The molecule has 9 heteroatoms. The molecule has 0 aliphatic carbocycles. The Labute approximate surface area is 238 Å². The van der Waals surface area contributed by atoms with Crippen LogP contribution in [0.3, 0.4) is 0 Å². The molecule has 1 aromatic heterocycles. The lowest BCUT2D eigenvalue weighted by Crippen LogP contribution is -2.16. The van der Waals surface area contributed by atoms with Gasteiger partial charge in [0.25, 0.3) is 0 Å². The number of rotatable bonds is 7. The third kappa shape index (κ3) is 5.58. The molecule has 4 aromatic carbocycles. The third-order valence-corrected chi connectivity index (χ3v) is 7.28. The molecule has 0 bridgehead atoms. The monoisotopic (exact) mass is 684 g/mol. The summed E-state index contributed by atoms with van der Waals surface area (Å²) in [7, 11) is 1.58. The number of hydrogen-bond acceptors (Lipinski definition) is 5. The summed E-state index contributed by atoms with van der Waals surface area (Å²) in [5, 5.41) is 7.18. The van der Waals surface area contributed by atoms with Gasteiger partial charge < -0.3 is 13.9 Å². The molecule has 0 spiro atoms. The Kier molecular flexibility index (Phi) is 7.64. The van der Waals surface area contributed by atoms with Gasteiger partial charge in [-0.2, -0.15) is 5.10 Å². The molecule has 0 atom stereocenters. The maximum absolute atomic E-state index is 12.6. The van der Waals surface area contributed by atoms with E-state index >= 15 is 0 Å². The lowest BCUT2D eigenvalue weighted by atomic mass is 10.1. The maximum atomic E-state index is 12.6. The molecule has 0 unspecified atom stereocenters. The quantitative estimate of drug-likeness (QED) is 0.138. The molecular formula is C28H19Br3N2O4. The number of hydrogen-bond donors (Lipinski definition) is 1. The number of nitrogens with one attached hydrogen (secondary N) is 1. The fourth-order valence-corrected chi connectivity index (χ4v) is 5.84. The van der Waals surface area contributed by atoms with E-state index in [0.717, 1.165) is 30.7 Å². The Hall–Kier alpha value is -3.14. The highest BCUT2D eigenvalue weighted by Crippen LogP contribution is 2.37. The second kappa shape index (κ2) is 11.1. The van der Waals surface area contributed by atoms with Gasteiger partial charge in [-0.3, -0.25) is 4.79 Å². The van der Waals surface area contributed by atoms with Gasteiger partial charge in [-0.1, -0.05) is 58.4 Å². The summed E-state index contributed by atoms with van der Waals surface area (Å²) >= 11 is 10.4. The first-order valence-electron chi connectivity index (χ1n) is 11.1. The molecular weight excluding hydrogens is 668 g/mol. The lowest BCUT2D eigenvalue weighted by molar-refractivity contribution is 0.0929. The molecule has 1 N–H and O–H groups in total. The van der Waals surface area contributed by atoms with Crippen molar-refractivity contribution < 1.29 is 18.7 Å². The Morgan fingerprint density at radius 3 is 2.62 bits per heavy atom. The van der Waals surface area contributed by atoms with Gasteiger partial charge in [0.2, 0.25) is 0 Å². The number of halogens is 3. The van der Waals surface area contributed by atoms with Crippen LogP contribution in [0.25, 0.3) is 21.7 Å². The zero-order valence-corrected chi connectivity index (χ0v) is 24.2. The van der Waals surface area contributed by atoms with E-state index in [1.807, 2.05) is 42.5 Å². The van der Waals surface area contributed by atoms with Crippen LogP contribution in [0.2, 0.25) is 0 Å². The molecule has 186 valence electrons. The first-order valence-corrected chi connectivity index (χ1v) is 13.5. The molecule has 0 radical (unpaired) electrons. The van der Waals surface area contributed by atoms with Crippen LogP contribution in [-0.4, -0.2) is 19.2 Å². The number of furan rings is 1. The van der Waals surface area contributed by atoms with Crippen molar-refractivity contribution in [3.63, 3.8) is 0 Å². The highest BCUT2D eigenvalue weighted by Gasteiger charge is 2.15. The first kappa shape index (κ1) is 25.5.